The third-order valence-corrected chi connectivity index (χ3v) is 2.99. The number of rotatable bonds is 4. The lowest BCUT2D eigenvalue weighted by Crippen LogP contribution is -2.33. The minimum Gasteiger partial charge on any atom is -0.274 e. The Morgan fingerprint density at radius 1 is 1.80 bits per heavy atom. The van der Waals surface area contributed by atoms with Crippen LogP contribution in [-0.4, -0.2) is 28.9 Å². The smallest absolute Gasteiger partial charge is 0.261 e. The number of carbonyl (C=O) groups excluding carboxylic acids is 1. The van der Waals surface area contributed by atoms with Crippen molar-refractivity contribution in [3.05, 3.63) is 16.1 Å². The van der Waals surface area contributed by atoms with E-state index in [2.05, 4.69) is 4.98 Å². The van der Waals surface area contributed by atoms with Crippen LogP contribution < -0.4 is 0 Å². The summed E-state index contributed by atoms with van der Waals surface area (Å²) >= 11 is 7.02. The zero-order valence-corrected chi connectivity index (χ0v) is 10.4. The quantitative estimate of drug-likeness (QED) is 0.606. The van der Waals surface area contributed by atoms with Gasteiger partial charge in [0.25, 0.3) is 5.91 Å². The molecule has 0 bridgehead atoms. The maximum atomic E-state index is 11.4. The van der Waals surface area contributed by atoms with Gasteiger partial charge in [0.2, 0.25) is 0 Å². The summed E-state index contributed by atoms with van der Waals surface area (Å²) in [6.45, 7) is 3.77. The molecule has 0 saturated carbocycles. The number of aromatic nitrogens is 1. The van der Waals surface area contributed by atoms with Crippen molar-refractivity contribution in [2.45, 2.75) is 19.9 Å². The summed E-state index contributed by atoms with van der Waals surface area (Å²) in [6, 6.07) is -0.216. The topological polar surface area (TPSA) is 42.4 Å². The fourth-order valence-corrected chi connectivity index (χ4v) is 2.04. The van der Waals surface area contributed by atoms with E-state index in [4.69, 9.17) is 16.4 Å². The van der Waals surface area contributed by atoms with Gasteiger partial charge in [-0.15, -0.1) is 22.9 Å². The number of carbonyl (C=O) groups is 1. The number of thiazole rings is 1. The second-order valence-corrected chi connectivity index (χ2v) is 4.33. The summed E-state index contributed by atoms with van der Waals surface area (Å²) in [5.41, 5.74) is 0.817. The summed E-state index contributed by atoms with van der Waals surface area (Å²) < 4.78 is 0. The SMILES string of the molecule is CON(C(=O)CCl)C(C)c1csc(C)n1. The molecule has 0 radical (unpaired) electrons. The van der Waals surface area contributed by atoms with Gasteiger partial charge in [-0.25, -0.2) is 10.0 Å². The molecule has 1 atom stereocenters. The van der Waals surface area contributed by atoms with Crippen LogP contribution in [0.2, 0.25) is 0 Å². The molecule has 0 N–H and O–H groups in total. The Labute approximate surface area is 97.8 Å². The molecule has 1 aromatic heterocycles. The number of amides is 1. The van der Waals surface area contributed by atoms with Gasteiger partial charge in [-0.1, -0.05) is 0 Å². The predicted molar refractivity (Wildman–Crippen MR) is 59.8 cm³/mol. The average Bonchev–Trinajstić information content (AvgIpc) is 2.65. The molecule has 1 heterocycles. The molecule has 0 aliphatic rings. The normalized spacial score (nSPS) is 12.5. The van der Waals surface area contributed by atoms with E-state index in [9.17, 15) is 4.79 Å². The molecule has 4 nitrogen and oxygen atoms in total. The van der Waals surface area contributed by atoms with Crippen LogP contribution in [-0.2, 0) is 9.63 Å². The van der Waals surface area contributed by atoms with Gasteiger partial charge in [0.15, 0.2) is 0 Å². The van der Waals surface area contributed by atoms with Crippen LogP contribution in [0.5, 0.6) is 0 Å². The van der Waals surface area contributed by atoms with Crippen LogP contribution in [0.1, 0.15) is 23.7 Å². The molecule has 0 fully saturated rings. The number of aryl methyl sites for hydroxylation is 1. The highest BCUT2D eigenvalue weighted by molar-refractivity contribution is 7.09. The van der Waals surface area contributed by atoms with Crippen molar-refractivity contribution in [1.82, 2.24) is 10.0 Å². The maximum absolute atomic E-state index is 11.4. The zero-order chi connectivity index (χ0) is 11.4. The Balaban J connectivity index is 2.81. The minimum absolute atomic E-state index is 0.0959. The summed E-state index contributed by atoms with van der Waals surface area (Å²) in [6.07, 6.45) is 0. The van der Waals surface area contributed by atoms with E-state index in [1.807, 2.05) is 19.2 Å². The first kappa shape index (κ1) is 12.4. The van der Waals surface area contributed by atoms with Gasteiger partial charge in [-0.3, -0.25) is 9.63 Å². The first-order chi connectivity index (χ1) is 7.10. The highest BCUT2D eigenvalue weighted by Crippen LogP contribution is 2.22. The number of hydroxylamine groups is 2. The van der Waals surface area contributed by atoms with Gasteiger partial charge in [0, 0.05) is 5.38 Å². The van der Waals surface area contributed by atoms with Crippen LogP contribution in [0.15, 0.2) is 5.38 Å². The fourth-order valence-electron chi connectivity index (χ4n) is 1.23. The highest BCUT2D eigenvalue weighted by atomic mass is 35.5. The van der Waals surface area contributed by atoms with Gasteiger partial charge >= 0.3 is 0 Å². The van der Waals surface area contributed by atoms with Crippen LogP contribution >= 0.6 is 22.9 Å². The van der Waals surface area contributed by atoms with Crippen molar-refractivity contribution in [2.24, 2.45) is 0 Å². The van der Waals surface area contributed by atoms with Gasteiger partial charge in [0.05, 0.1) is 23.9 Å². The zero-order valence-electron chi connectivity index (χ0n) is 8.86. The van der Waals surface area contributed by atoms with Crippen LogP contribution in [0.4, 0.5) is 0 Å². The molecule has 0 aromatic carbocycles. The van der Waals surface area contributed by atoms with Gasteiger partial charge in [0.1, 0.15) is 5.88 Å². The molecule has 0 spiro atoms. The highest BCUT2D eigenvalue weighted by Gasteiger charge is 2.22. The largest absolute Gasteiger partial charge is 0.274 e. The molecular weight excluding hydrogens is 236 g/mol. The standard InChI is InChI=1S/C9H13ClN2O2S/c1-6(8-5-15-7(2)11-8)12(14-3)9(13)4-10/h5-6H,4H2,1-3H3. The van der Waals surface area contributed by atoms with Crippen molar-refractivity contribution in [1.29, 1.82) is 0 Å². The van der Waals surface area contributed by atoms with Crippen LogP contribution in [0.3, 0.4) is 0 Å². The fraction of sp³-hybridized carbons (Fsp3) is 0.556. The minimum atomic E-state index is -0.266. The first-order valence-corrected chi connectivity index (χ1v) is 5.85. The number of nitrogens with zero attached hydrogens (tertiary/aromatic N) is 2. The van der Waals surface area contributed by atoms with Gasteiger partial charge in [-0.2, -0.15) is 0 Å². The first-order valence-electron chi connectivity index (χ1n) is 4.44. The van der Waals surface area contributed by atoms with E-state index in [0.29, 0.717) is 0 Å². The van der Waals surface area contributed by atoms with Crippen molar-refractivity contribution >= 4 is 28.8 Å². The monoisotopic (exact) mass is 248 g/mol. The number of halogens is 1. The second kappa shape index (κ2) is 5.44. The summed E-state index contributed by atoms with van der Waals surface area (Å²) in [4.78, 5) is 20.7. The molecule has 0 saturated heterocycles. The average molecular weight is 249 g/mol. The molecule has 0 aliphatic heterocycles. The molecule has 84 valence electrons. The molecule has 15 heavy (non-hydrogen) atoms. The lowest BCUT2D eigenvalue weighted by Gasteiger charge is -2.24. The Morgan fingerprint density at radius 3 is 2.87 bits per heavy atom. The van der Waals surface area contributed by atoms with Gasteiger partial charge in [-0.05, 0) is 13.8 Å². The van der Waals surface area contributed by atoms with Crippen molar-refractivity contribution in [3.8, 4) is 0 Å². The van der Waals surface area contributed by atoms with Crippen LogP contribution in [0.25, 0.3) is 0 Å². The maximum Gasteiger partial charge on any atom is 0.261 e. The van der Waals surface area contributed by atoms with Crippen molar-refractivity contribution < 1.29 is 9.63 Å². The van der Waals surface area contributed by atoms with Crippen molar-refractivity contribution in [3.63, 3.8) is 0 Å². The Kier molecular flexibility index (Phi) is 4.50. The molecule has 1 rings (SSSR count). The van der Waals surface area contributed by atoms with E-state index in [1.54, 1.807) is 11.3 Å². The second-order valence-electron chi connectivity index (χ2n) is 3.00. The summed E-state index contributed by atoms with van der Waals surface area (Å²) in [5.74, 6) is -0.362. The molecule has 1 amide bonds. The van der Waals surface area contributed by atoms with Crippen molar-refractivity contribution in [2.75, 3.05) is 13.0 Å². The van der Waals surface area contributed by atoms with E-state index < -0.39 is 0 Å². The van der Waals surface area contributed by atoms with E-state index in [-0.39, 0.29) is 17.8 Å². The summed E-state index contributed by atoms with van der Waals surface area (Å²) in [7, 11) is 1.44. The van der Waals surface area contributed by atoms with E-state index in [0.717, 1.165) is 10.7 Å². The number of alkyl halides is 1. The Bertz CT molecular complexity index is 343. The number of hydrogen-bond acceptors (Lipinski definition) is 4. The molecule has 1 aromatic rings. The third kappa shape index (κ3) is 2.90. The van der Waals surface area contributed by atoms with Crippen LogP contribution in [0, 0.1) is 6.92 Å². The predicted octanol–water partition coefficient (Wildman–Crippen LogP) is 2.14. The Hall–Kier alpha value is -0.650. The Morgan fingerprint density at radius 2 is 2.47 bits per heavy atom. The third-order valence-electron chi connectivity index (χ3n) is 1.97. The number of hydrogen-bond donors (Lipinski definition) is 0. The summed E-state index contributed by atoms with van der Waals surface area (Å²) in [5, 5.41) is 4.11. The molecule has 1 unspecified atom stereocenters. The lowest BCUT2D eigenvalue weighted by atomic mass is 10.2. The van der Waals surface area contributed by atoms with Gasteiger partial charge < -0.3 is 0 Å². The molecular formula is C9H13ClN2O2S. The lowest BCUT2D eigenvalue weighted by molar-refractivity contribution is -0.185. The molecule has 6 heteroatoms. The van der Waals surface area contributed by atoms with E-state index >= 15 is 0 Å². The molecule has 0 aliphatic carbocycles. The van der Waals surface area contributed by atoms with E-state index in [1.165, 1.54) is 12.2 Å².